The average molecular weight is 291 g/mol. The predicted molar refractivity (Wildman–Crippen MR) is 79.2 cm³/mol. The summed E-state index contributed by atoms with van der Waals surface area (Å²) in [5, 5.41) is 9.21. The van der Waals surface area contributed by atoms with E-state index >= 15 is 0 Å². The molecule has 0 spiro atoms. The van der Waals surface area contributed by atoms with Gasteiger partial charge in [-0.05, 0) is 32.6 Å². The molecule has 0 aliphatic carbocycles. The van der Waals surface area contributed by atoms with E-state index in [1.165, 1.54) is 0 Å². The van der Waals surface area contributed by atoms with E-state index in [4.69, 9.17) is 0 Å². The number of rotatable bonds is 3. The summed E-state index contributed by atoms with van der Waals surface area (Å²) in [5.74, 6) is 0.258. The second kappa shape index (κ2) is 6.93. The first-order valence-corrected chi connectivity index (χ1v) is 8.01. The lowest BCUT2D eigenvalue weighted by Crippen LogP contribution is -2.45. The zero-order valence-electron chi connectivity index (χ0n) is 12.9. The highest BCUT2D eigenvalue weighted by Crippen LogP contribution is 2.28. The second-order valence-corrected chi connectivity index (χ2v) is 6.53. The normalized spacial score (nSPS) is 27.1. The van der Waals surface area contributed by atoms with Crippen LogP contribution in [0.3, 0.4) is 0 Å². The van der Waals surface area contributed by atoms with E-state index in [0.717, 1.165) is 45.2 Å². The van der Waals surface area contributed by atoms with Gasteiger partial charge in [-0.1, -0.05) is 6.42 Å². The van der Waals surface area contributed by atoms with E-state index in [1.54, 1.807) is 4.90 Å². The largest absolute Gasteiger partial charge is 0.342 e. The molecule has 2 heterocycles. The maximum atomic E-state index is 12.3. The molecule has 0 aromatic rings. The van der Waals surface area contributed by atoms with Gasteiger partial charge in [0.2, 0.25) is 11.8 Å². The summed E-state index contributed by atoms with van der Waals surface area (Å²) in [7, 11) is 0. The van der Waals surface area contributed by atoms with Gasteiger partial charge >= 0.3 is 0 Å². The molecule has 1 atom stereocenters. The zero-order chi connectivity index (χ0) is 15.3. The van der Waals surface area contributed by atoms with E-state index in [9.17, 15) is 14.9 Å². The highest BCUT2D eigenvalue weighted by molar-refractivity contribution is 5.79. The quantitative estimate of drug-likeness (QED) is 0.798. The van der Waals surface area contributed by atoms with Gasteiger partial charge in [-0.15, -0.1) is 0 Å². The topological polar surface area (TPSA) is 64.4 Å². The Hall–Kier alpha value is -1.57. The predicted octanol–water partition coefficient (Wildman–Crippen LogP) is 1.93. The minimum absolute atomic E-state index is 0.0771. The molecule has 5 heteroatoms. The van der Waals surface area contributed by atoms with Gasteiger partial charge in [-0.25, -0.2) is 0 Å². The van der Waals surface area contributed by atoms with Crippen molar-refractivity contribution in [2.45, 2.75) is 51.9 Å². The summed E-state index contributed by atoms with van der Waals surface area (Å²) >= 11 is 0. The average Bonchev–Trinajstić information content (AvgIpc) is 2.69. The molecular formula is C16H25N3O2. The lowest BCUT2D eigenvalue weighted by Gasteiger charge is -2.36. The number of amides is 2. The second-order valence-electron chi connectivity index (χ2n) is 6.53. The van der Waals surface area contributed by atoms with Crippen molar-refractivity contribution in [3.8, 4) is 6.07 Å². The Labute approximate surface area is 126 Å². The number of carbonyl (C=O) groups is 2. The molecule has 2 saturated heterocycles. The Balaban J connectivity index is 1.84. The highest BCUT2D eigenvalue weighted by Gasteiger charge is 2.33. The van der Waals surface area contributed by atoms with Crippen LogP contribution in [0.15, 0.2) is 0 Å². The minimum atomic E-state index is -0.410. The summed E-state index contributed by atoms with van der Waals surface area (Å²) in [6, 6.07) is 2.33. The van der Waals surface area contributed by atoms with Gasteiger partial charge in [-0.2, -0.15) is 5.26 Å². The minimum Gasteiger partial charge on any atom is -0.342 e. The lowest BCUT2D eigenvalue weighted by atomic mass is 9.83. The molecule has 0 aromatic heterocycles. The molecule has 0 radical (unpaired) electrons. The Bertz CT molecular complexity index is 443. The summed E-state index contributed by atoms with van der Waals surface area (Å²) in [4.78, 5) is 27.9. The number of hydrogen-bond acceptors (Lipinski definition) is 3. The molecule has 2 aliphatic heterocycles. The van der Waals surface area contributed by atoms with Crippen LogP contribution in [0.2, 0.25) is 0 Å². The molecule has 21 heavy (non-hydrogen) atoms. The monoisotopic (exact) mass is 291 g/mol. The lowest BCUT2D eigenvalue weighted by molar-refractivity contribution is -0.135. The fourth-order valence-corrected chi connectivity index (χ4v) is 3.21. The molecule has 0 N–H and O–H groups in total. The summed E-state index contributed by atoms with van der Waals surface area (Å²) < 4.78 is 0. The van der Waals surface area contributed by atoms with Crippen LogP contribution in [0, 0.1) is 16.7 Å². The number of carbonyl (C=O) groups excluding carboxylic acids is 2. The van der Waals surface area contributed by atoms with Crippen molar-refractivity contribution < 1.29 is 9.59 Å². The fraction of sp³-hybridized carbons (Fsp3) is 0.812. The van der Waals surface area contributed by atoms with Crippen LogP contribution in [0.4, 0.5) is 0 Å². The van der Waals surface area contributed by atoms with Gasteiger partial charge in [-0.3, -0.25) is 9.59 Å². The van der Waals surface area contributed by atoms with Crippen LogP contribution in [-0.4, -0.2) is 47.8 Å². The smallest absolute Gasteiger partial charge is 0.224 e. The maximum Gasteiger partial charge on any atom is 0.224 e. The van der Waals surface area contributed by atoms with Crippen LogP contribution in [0.5, 0.6) is 0 Å². The van der Waals surface area contributed by atoms with Crippen LogP contribution >= 0.6 is 0 Å². The van der Waals surface area contributed by atoms with E-state index in [0.29, 0.717) is 25.9 Å². The van der Waals surface area contributed by atoms with Crippen molar-refractivity contribution in [3.05, 3.63) is 0 Å². The number of hydrogen-bond donors (Lipinski definition) is 0. The number of nitriles is 1. The van der Waals surface area contributed by atoms with Crippen LogP contribution in [-0.2, 0) is 9.59 Å². The summed E-state index contributed by atoms with van der Waals surface area (Å²) in [6.07, 6.45) is 5.85. The molecule has 2 aliphatic rings. The molecule has 116 valence electrons. The Morgan fingerprint density at radius 2 is 2.10 bits per heavy atom. The van der Waals surface area contributed by atoms with Gasteiger partial charge in [0.15, 0.2) is 0 Å². The van der Waals surface area contributed by atoms with Crippen molar-refractivity contribution in [2.75, 3.05) is 26.2 Å². The van der Waals surface area contributed by atoms with Crippen molar-refractivity contribution in [1.82, 2.24) is 9.80 Å². The number of piperidine rings is 1. The van der Waals surface area contributed by atoms with Crippen molar-refractivity contribution in [3.63, 3.8) is 0 Å². The molecular weight excluding hydrogens is 266 g/mol. The van der Waals surface area contributed by atoms with Gasteiger partial charge in [0.25, 0.3) is 0 Å². The van der Waals surface area contributed by atoms with Gasteiger partial charge in [0.1, 0.15) is 0 Å². The highest BCUT2D eigenvalue weighted by atomic mass is 16.2. The maximum absolute atomic E-state index is 12.3. The Kier molecular flexibility index (Phi) is 5.22. The summed E-state index contributed by atoms with van der Waals surface area (Å²) in [6.45, 7) is 4.49. The first kappa shape index (κ1) is 15.8. The van der Waals surface area contributed by atoms with Crippen molar-refractivity contribution >= 4 is 11.8 Å². The zero-order valence-corrected chi connectivity index (χ0v) is 12.9. The van der Waals surface area contributed by atoms with Crippen molar-refractivity contribution in [2.24, 2.45) is 5.41 Å². The van der Waals surface area contributed by atoms with E-state index < -0.39 is 5.41 Å². The molecule has 2 fully saturated rings. The van der Waals surface area contributed by atoms with Crippen LogP contribution < -0.4 is 0 Å². The first-order chi connectivity index (χ1) is 10.0. The SMILES string of the molecule is C[C@]1(C#N)CCCN(C(=O)CCN2CCCCCC2=O)C1. The van der Waals surface area contributed by atoms with Gasteiger partial charge < -0.3 is 9.80 Å². The first-order valence-electron chi connectivity index (χ1n) is 8.01. The summed E-state index contributed by atoms with van der Waals surface area (Å²) in [5.41, 5.74) is -0.410. The van der Waals surface area contributed by atoms with Gasteiger partial charge in [0, 0.05) is 39.0 Å². The van der Waals surface area contributed by atoms with E-state index in [-0.39, 0.29) is 11.8 Å². The molecule has 0 saturated carbocycles. The van der Waals surface area contributed by atoms with Crippen LogP contribution in [0.25, 0.3) is 0 Å². The molecule has 0 aromatic carbocycles. The third kappa shape index (κ3) is 4.20. The third-order valence-corrected chi connectivity index (χ3v) is 4.59. The molecule has 5 nitrogen and oxygen atoms in total. The van der Waals surface area contributed by atoms with Crippen LogP contribution in [0.1, 0.15) is 51.9 Å². The standard InChI is InChI=1S/C16H25N3O2/c1-16(12-17)8-5-10-19(13-16)15(21)7-11-18-9-4-2-3-6-14(18)20/h2-11,13H2,1H3/t16-/m1/s1. The Morgan fingerprint density at radius 3 is 2.86 bits per heavy atom. The van der Waals surface area contributed by atoms with E-state index in [2.05, 4.69) is 6.07 Å². The third-order valence-electron chi connectivity index (χ3n) is 4.59. The fourth-order valence-electron chi connectivity index (χ4n) is 3.21. The van der Waals surface area contributed by atoms with Gasteiger partial charge in [0.05, 0.1) is 11.5 Å². The molecule has 2 amide bonds. The molecule has 2 rings (SSSR count). The molecule has 0 bridgehead atoms. The Morgan fingerprint density at radius 1 is 1.29 bits per heavy atom. The number of nitrogens with zero attached hydrogens (tertiary/aromatic N) is 3. The molecule has 0 unspecified atom stereocenters. The van der Waals surface area contributed by atoms with E-state index in [1.807, 2.05) is 11.8 Å². The van der Waals surface area contributed by atoms with Crippen molar-refractivity contribution in [1.29, 1.82) is 5.26 Å². The number of likely N-dealkylation sites (tertiary alicyclic amines) is 2.